The Morgan fingerprint density at radius 2 is 1.96 bits per heavy atom. The zero-order valence-corrected chi connectivity index (χ0v) is 14.7. The van der Waals surface area contributed by atoms with Crippen LogP contribution >= 0.6 is 0 Å². The number of aromatic nitrogens is 1. The normalized spacial score (nSPS) is 10.5. The molecule has 0 fully saturated rings. The standard InChI is InChI=1S/C19H24N2O4/c1-3-4-8-11-21(18(22)12-15-9-6-5-7-10-15)13-17-20-16(14-25-17)19(23)24-2/h5-7,9-10,14H,3-4,8,11-13H2,1-2H3. The summed E-state index contributed by atoms with van der Waals surface area (Å²) in [5, 5.41) is 0. The maximum atomic E-state index is 12.7. The van der Waals surface area contributed by atoms with Crippen LogP contribution in [0.1, 0.15) is 48.1 Å². The van der Waals surface area contributed by atoms with E-state index < -0.39 is 5.97 Å². The molecule has 0 bridgehead atoms. The van der Waals surface area contributed by atoms with Crippen molar-refractivity contribution in [2.45, 2.75) is 39.2 Å². The van der Waals surface area contributed by atoms with E-state index in [0.717, 1.165) is 24.8 Å². The van der Waals surface area contributed by atoms with Gasteiger partial charge >= 0.3 is 5.97 Å². The Hall–Kier alpha value is -2.63. The molecule has 2 aromatic rings. The maximum absolute atomic E-state index is 12.7. The van der Waals surface area contributed by atoms with E-state index in [1.54, 1.807) is 4.90 Å². The van der Waals surface area contributed by atoms with Crippen LogP contribution < -0.4 is 0 Å². The van der Waals surface area contributed by atoms with E-state index in [9.17, 15) is 9.59 Å². The molecule has 0 saturated heterocycles. The number of hydrogen-bond acceptors (Lipinski definition) is 5. The third kappa shape index (κ3) is 5.74. The fraction of sp³-hybridized carbons (Fsp3) is 0.421. The number of carbonyl (C=O) groups is 2. The van der Waals surface area contributed by atoms with Crippen LogP contribution in [0.5, 0.6) is 0 Å². The first-order valence-corrected chi connectivity index (χ1v) is 8.48. The Morgan fingerprint density at radius 3 is 2.64 bits per heavy atom. The number of nitrogens with zero attached hydrogens (tertiary/aromatic N) is 2. The van der Waals surface area contributed by atoms with Crippen molar-refractivity contribution in [1.82, 2.24) is 9.88 Å². The predicted molar refractivity (Wildman–Crippen MR) is 92.9 cm³/mol. The van der Waals surface area contributed by atoms with Crippen molar-refractivity contribution in [2.75, 3.05) is 13.7 Å². The van der Waals surface area contributed by atoms with E-state index in [-0.39, 0.29) is 18.1 Å². The maximum Gasteiger partial charge on any atom is 0.360 e. The molecule has 1 aromatic heterocycles. The molecule has 0 saturated carbocycles. The fourth-order valence-corrected chi connectivity index (χ4v) is 2.47. The Morgan fingerprint density at radius 1 is 1.20 bits per heavy atom. The Bertz CT molecular complexity index is 682. The highest BCUT2D eigenvalue weighted by Crippen LogP contribution is 2.11. The topological polar surface area (TPSA) is 72.6 Å². The lowest BCUT2D eigenvalue weighted by Gasteiger charge is -2.21. The van der Waals surface area contributed by atoms with Crippen LogP contribution in [-0.2, 0) is 22.5 Å². The molecule has 1 amide bonds. The summed E-state index contributed by atoms with van der Waals surface area (Å²) in [6.45, 7) is 2.99. The molecule has 6 heteroatoms. The first-order chi connectivity index (χ1) is 12.1. The summed E-state index contributed by atoms with van der Waals surface area (Å²) in [6, 6.07) is 9.63. The summed E-state index contributed by atoms with van der Waals surface area (Å²) < 4.78 is 9.94. The van der Waals surface area contributed by atoms with Crippen molar-refractivity contribution in [3.8, 4) is 0 Å². The van der Waals surface area contributed by atoms with Gasteiger partial charge in [-0.15, -0.1) is 0 Å². The number of ether oxygens (including phenoxy) is 1. The summed E-state index contributed by atoms with van der Waals surface area (Å²) in [7, 11) is 1.29. The van der Waals surface area contributed by atoms with E-state index >= 15 is 0 Å². The summed E-state index contributed by atoms with van der Waals surface area (Å²) in [6.07, 6.45) is 4.63. The van der Waals surface area contributed by atoms with Gasteiger partial charge < -0.3 is 14.1 Å². The number of amides is 1. The Kier molecular flexibility index (Phi) is 7.19. The monoisotopic (exact) mass is 344 g/mol. The lowest BCUT2D eigenvalue weighted by atomic mass is 10.1. The molecular formula is C19H24N2O4. The van der Waals surface area contributed by atoms with Crippen LogP contribution in [0, 0.1) is 0 Å². The van der Waals surface area contributed by atoms with Crippen molar-refractivity contribution < 1.29 is 18.7 Å². The molecule has 6 nitrogen and oxygen atoms in total. The first-order valence-electron chi connectivity index (χ1n) is 8.48. The molecule has 0 radical (unpaired) electrons. The van der Waals surface area contributed by atoms with Crippen LogP contribution in [0.2, 0.25) is 0 Å². The quantitative estimate of drug-likeness (QED) is 0.516. The van der Waals surface area contributed by atoms with Crippen molar-refractivity contribution in [3.05, 3.63) is 53.7 Å². The van der Waals surface area contributed by atoms with Crippen molar-refractivity contribution in [1.29, 1.82) is 0 Å². The lowest BCUT2D eigenvalue weighted by molar-refractivity contribution is -0.131. The summed E-state index contributed by atoms with van der Waals surface area (Å²) in [4.78, 5) is 30.0. The second-order valence-corrected chi connectivity index (χ2v) is 5.80. The van der Waals surface area contributed by atoms with Crippen molar-refractivity contribution in [3.63, 3.8) is 0 Å². The van der Waals surface area contributed by atoms with Crippen LogP contribution in [0.4, 0.5) is 0 Å². The van der Waals surface area contributed by atoms with Gasteiger partial charge in [0.25, 0.3) is 0 Å². The number of carbonyl (C=O) groups excluding carboxylic acids is 2. The zero-order chi connectivity index (χ0) is 18.1. The number of hydrogen-bond donors (Lipinski definition) is 0. The summed E-state index contributed by atoms with van der Waals surface area (Å²) >= 11 is 0. The minimum atomic E-state index is -0.553. The van der Waals surface area contributed by atoms with Crippen molar-refractivity contribution >= 4 is 11.9 Å². The molecule has 1 aromatic carbocycles. The van der Waals surface area contributed by atoms with Gasteiger partial charge in [-0.05, 0) is 12.0 Å². The van der Waals surface area contributed by atoms with E-state index in [0.29, 0.717) is 18.9 Å². The van der Waals surface area contributed by atoms with E-state index in [4.69, 9.17) is 4.42 Å². The molecule has 0 spiro atoms. The minimum Gasteiger partial charge on any atom is -0.464 e. The molecular weight excluding hydrogens is 320 g/mol. The Balaban J connectivity index is 2.05. The highest BCUT2D eigenvalue weighted by Gasteiger charge is 2.19. The van der Waals surface area contributed by atoms with Gasteiger partial charge in [-0.1, -0.05) is 50.1 Å². The first kappa shape index (κ1) is 18.7. The molecule has 0 unspecified atom stereocenters. The average molecular weight is 344 g/mol. The third-order valence-corrected chi connectivity index (χ3v) is 3.85. The molecule has 25 heavy (non-hydrogen) atoms. The highest BCUT2D eigenvalue weighted by atomic mass is 16.5. The highest BCUT2D eigenvalue weighted by molar-refractivity contribution is 5.86. The van der Waals surface area contributed by atoms with Gasteiger partial charge in [0.05, 0.1) is 20.1 Å². The third-order valence-electron chi connectivity index (χ3n) is 3.85. The van der Waals surface area contributed by atoms with Crippen LogP contribution in [-0.4, -0.2) is 35.4 Å². The molecule has 1 heterocycles. The molecule has 0 aliphatic rings. The van der Waals surface area contributed by atoms with Crippen LogP contribution in [0.3, 0.4) is 0 Å². The van der Waals surface area contributed by atoms with Crippen LogP contribution in [0.25, 0.3) is 0 Å². The summed E-state index contributed by atoms with van der Waals surface area (Å²) in [5.74, 6) is -0.207. The number of oxazole rings is 1. The molecule has 134 valence electrons. The molecule has 0 aliphatic heterocycles. The lowest BCUT2D eigenvalue weighted by Crippen LogP contribution is -2.33. The molecule has 0 N–H and O–H groups in total. The van der Waals surface area contributed by atoms with E-state index in [2.05, 4.69) is 16.6 Å². The van der Waals surface area contributed by atoms with Gasteiger partial charge in [-0.25, -0.2) is 9.78 Å². The van der Waals surface area contributed by atoms with E-state index in [1.807, 2.05) is 30.3 Å². The molecule has 0 aliphatic carbocycles. The van der Waals surface area contributed by atoms with Crippen molar-refractivity contribution in [2.24, 2.45) is 0 Å². The number of esters is 1. The number of benzene rings is 1. The molecule has 0 atom stereocenters. The van der Waals surface area contributed by atoms with Gasteiger partial charge in [0.2, 0.25) is 11.8 Å². The zero-order valence-electron chi connectivity index (χ0n) is 14.7. The largest absolute Gasteiger partial charge is 0.464 e. The van der Waals surface area contributed by atoms with E-state index in [1.165, 1.54) is 13.4 Å². The second kappa shape index (κ2) is 9.61. The summed E-state index contributed by atoms with van der Waals surface area (Å²) in [5.41, 5.74) is 1.08. The van der Waals surface area contributed by atoms with Gasteiger partial charge in [-0.2, -0.15) is 0 Å². The smallest absolute Gasteiger partial charge is 0.360 e. The van der Waals surface area contributed by atoms with Gasteiger partial charge in [0.15, 0.2) is 5.69 Å². The van der Waals surface area contributed by atoms with Crippen LogP contribution in [0.15, 0.2) is 41.0 Å². The molecule has 2 rings (SSSR count). The van der Waals surface area contributed by atoms with Gasteiger partial charge in [0, 0.05) is 6.54 Å². The number of methoxy groups -OCH3 is 1. The fourth-order valence-electron chi connectivity index (χ4n) is 2.47. The predicted octanol–water partition coefficient (Wildman–Crippen LogP) is 3.22. The number of rotatable bonds is 9. The van der Waals surface area contributed by atoms with Gasteiger partial charge in [0.1, 0.15) is 6.26 Å². The average Bonchev–Trinajstić information content (AvgIpc) is 3.10. The van der Waals surface area contributed by atoms with Gasteiger partial charge in [-0.3, -0.25) is 4.79 Å². The Labute approximate surface area is 147 Å². The SMILES string of the molecule is CCCCCN(Cc1nc(C(=O)OC)co1)C(=O)Cc1ccccc1. The minimum absolute atomic E-state index is 0.0140. The second-order valence-electron chi connectivity index (χ2n) is 5.80. The number of unbranched alkanes of at least 4 members (excludes halogenated alkanes) is 2.